The third-order valence-electron chi connectivity index (χ3n) is 8.43. The Kier molecular flexibility index (Phi) is 10.2. The minimum atomic E-state index is -3.80. The number of nitrogens with one attached hydrogen (secondary N) is 1. The van der Waals surface area contributed by atoms with E-state index < -0.39 is 37.6 Å². The highest BCUT2D eigenvalue weighted by Crippen LogP contribution is 2.46. The number of benzene rings is 2. The average molecular weight is 658 g/mol. The van der Waals surface area contributed by atoms with Gasteiger partial charge in [-0.3, -0.25) is 8.98 Å². The molecule has 2 aromatic carbocycles. The lowest BCUT2D eigenvalue weighted by molar-refractivity contribution is -0.138. The zero-order valence-corrected chi connectivity index (χ0v) is 27.1. The van der Waals surface area contributed by atoms with Gasteiger partial charge in [-0.15, -0.1) is 6.58 Å². The maximum absolute atomic E-state index is 13.8. The van der Waals surface area contributed by atoms with E-state index >= 15 is 0 Å². The SMILES string of the molecule is C=CC[C@]1(COS(C)(=O)=O)C[C@H](c2cccc(Cl)c2)[C@H](C(C)C[C@@H](c2ccc(Cl)cc2)N(C)S(=O)(=O)C2CC2)NC1=O. The number of carbonyl (C=O) groups excluding carboxylic acids is 1. The van der Waals surface area contributed by atoms with E-state index in [-0.39, 0.29) is 42.4 Å². The number of carbonyl (C=O) groups is 1. The topological polar surface area (TPSA) is 110 Å². The maximum atomic E-state index is 13.8. The quantitative estimate of drug-likeness (QED) is 0.219. The zero-order valence-electron chi connectivity index (χ0n) is 24.0. The van der Waals surface area contributed by atoms with Crippen LogP contribution in [0.5, 0.6) is 0 Å². The van der Waals surface area contributed by atoms with Crippen LogP contribution in [0.3, 0.4) is 0 Å². The van der Waals surface area contributed by atoms with Crippen LogP contribution in [0.1, 0.15) is 62.1 Å². The Labute approximate surface area is 259 Å². The lowest BCUT2D eigenvalue weighted by Gasteiger charge is -2.46. The third kappa shape index (κ3) is 7.57. The second kappa shape index (κ2) is 13.0. The highest BCUT2D eigenvalue weighted by Gasteiger charge is 2.50. The van der Waals surface area contributed by atoms with Crippen LogP contribution in [0, 0.1) is 11.3 Å². The van der Waals surface area contributed by atoms with E-state index in [4.69, 9.17) is 27.4 Å². The van der Waals surface area contributed by atoms with Crippen molar-refractivity contribution in [3.63, 3.8) is 0 Å². The van der Waals surface area contributed by atoms with Gasteiger partial charge in [-0.05, 0) is 73.4 Å². The number of amides is 1. The van der Waals surface area contributed by atoms with Crippen molar-refractivity contribution in [3.8, 4) is 0 Å². The monoisotopic (exact) mass is 656 g/mol. The second-order valence-corrected chi connectivity index (χ2v) is 16.4. The minimum absolute atomic E-state index is 0.201. The summed E-state index contributed by atoms with van der Waals surface area (Å²) in [6, 6.07) is 13.7. The van der Waals surface area contributed by atoms with E-state index in [0.29, 0.717) is 29.3 Å². The van der Waals surface area contributed by atoms with Gasteiger partial charge < -0.3 is 5.32 Å². The Balaban J connectivity index is 1.71. The highest BCUT2D eigenvalue weighted by molar-refractivity contribution is 7.90. The van der Waals surface area contributed by atoms with Gasteiger partial charge in [0.1, 0.15) is 0 Å². The van der Waals surface area contributed by atoms with Crippen molar-refractivity contribution in [2.75, 3.05) is 19.9 Å². The first-order chi connectivity index (χ1) is 19.7. The fraction of sp³-hybridized carbons (Fsp3) is 0.500. The molecular formula is C30H38Cl2N2O6S2. The van der Waals surface area contributed by atoms with Crippen LogP contribution in [0.25, 0.3) is 0 Å². The van der Waals surface area contributed by atoms with E-state index in [2.05, 4.69) is 11.9 Å². The molecule has 2 aliphatic rings. The molecule has 12 heteroatoms. The number of hydrogen-bond donors (Lipinski definition) is 1. The summed E-state index contributed by atoms with van der Waals surface area (Å²) < 4.78 is 57.2. The molecule has 0 radical (unpaired) electrons. The lowest BCUT2D eigenvalue weighted by Crippen LogP contribution is -2.58. The Hall–Kier alpha value is -1.95. The van der Waals surface area contributed by atoms with Crippen LogP contribution in [0.2, 0.25) is 10.0 Å². The van der Waals surface area contributed by atoms with Crippen LogP contribution in [0.4, 0.5) is 0 Å². The number of hydrogen-bond acceptors (Lipinski definition) is 6. The van der Waals surface area contributed by atoms with Gasteiger partial charge in [0.2, 0.25) is 15.9 Å². The van der Waals surface area contributed by atoms with Crippen molar-refractivity contribution in [3.05, 3.63) is 82.4 Å². The van der Waals surface area contributed by atoms with Crippen molar-refractivity contribution >= 4 is 49.3 Å². The van der Waals surface area contributed by atoms with Crippen molar-refractivity contribution in [2.24, 2.45) is 11.3 Å². The Morgan fingerprint density at radius 3 is 2.36 bits per heavy atom. The number of halogens is 2. The first-order valence-corrected chi connectivity index (χ1v) is 18.0. The van der Waals surface area contributed by atoms with Gasteiger partial charge >= 0.3 is 0 Å². The molecule has 1 unspecified atom stereocenters. The van der Waals surface area contributed by atoms with E-state index in [9.17, 15) is 21.6 Å². The summed E-state index contributed by atoms with van der Waals surface area (Å²) in [5.74, 6) is -0.799. The van der Waals surface area contributed by atoms with Crippen LogP contribution in [-0.4, -0.2) is 58.3 Å². The van der Waals surface area contributed by atoms with Gasteiger partial charge in [0.15, 0.2) is 0 Å². The molecule has 1 saturated heterocycles. The van der Waals surface area contributed by atoms with Crippen molar-refractivity contribution in [1.82, 2.24) is 9.62 Å². The van der Waals surface area contributed by atoms with Crippen LogP contribution < -0.4 is 5.32 Å². The number of allylic oxidation sites excluding steroid dienone is 1. The summed E-state index contributed by atoms with van der Waals surface area (Å²) in [5.41, 5.74) is 0.520. The summed E-state index contributed by atoms with van der Waals surface area (Å²) in [6.45, 7) is 5.48. The number of piperidine rings is 1. The van der Waals surface area contributed by atoms with Crippen LogP contribution >= 0.6 is 23.2 Å². The molecule has 1 aliphatic carbocycles. The first-order valence-electron chi connectivity index (χ1n) is 13.9. The van der Waals surface area contributed by atoms with Crippen molar-refractivity contribution < 1.29 is 25.8 Å². The molecule has 4 rings (SSSR count). The molecule has 1 amide bonds. The summed E-state index contributed by atoms with van der Waals surface area (Å²) >= 11 is 12.5. The Morgan fingerprint density at radius 2 is 1.79 bits per heavy atom. The summed E-state index contributed by atoms with van der Waals surface area (Å²) in [7, 11) is -5.71. The van der Waals surface area contributed by atoms with Gasteiger partial charge in [0, 0.05) is 35.1 Å². The molecule has 2 fully saturated rings. The lowest BCUT2D eigenvalue weighted by atomic mass is 9.66. The summed E-state index contributed by atoms with van der Waals surface area (Å²) in [4.78, 5) is 13.8. The third-order valence-corrected chi connectivity index (χ3v) is 11.8. The largest absolute Gasteiger partial charge is 0.352 e. The van der Waals surface area contributed by atoms with E-state index in [0.717, 1.165) is 17.4 Å². The molecule has 8 nitrogen and oxygen atoms in total. The smallest absolute Gasteiger partial charge is 0.264 e. The Bertz CT molecular complexity index is 1510. The maximum Gasteiger partial charge on any atom is 0.264 e. The first kappa shape index (κ1) is 33.0. The molecule has 0 aromatic heterocycles. The van der Waals surface area contributed by atoms with Crippen LogP contribution in [0.15, 0.2) is 61.2 Å². The summed E-state index contributed by atoms with van der Waals surface area (Å²) in [6.07, 6.45) is 4.76. The molecule has 230 valence electrons. The molecule has 5 atom stereocenters. The van der Waals surface area contributed by atoms with Gasteiger partial charge in [-0.1, -0.05) is 60.5 Å². The predicted molar refractivity (Wildman–Crippen MR) is 166 cm³/mol. The molecule has 0 spiro atoms. The van der Waals surface area contributed by atoms with E-state index in [1.165, 1.54) is 4.31 Å². The molecule has 1 N–H and O–H groups in total. The standard InChI is InChI=1S/C30H38Cl2N2O6S2/c1-5-15-30(19-40-41(4,36)37)18-26(22-7-6-8-24(32)17-22)28(33-29(30)35)20(2)16-27(21-9-11-23(31)12-10-21)34(3)42(38,39)25-13-14-25/h5-12,17,20,25-28H,1,13-16,18-19H2,2-4H3,(H,33,35)/t20?,26-,27+,28+,30-/m1/s1. The number of rotatable bonds is 13. The van der Waals surface area contributed by atoms with Gasteiger partial charge in [-0.2, -0.15) is 12.7 Å². The summed E-state index contributed by atoms with van der Waals surface area (Å²) in [5, 5.41) is 3.89. The molecule has 1 heterocycles. The zero-order chi connectivity index (χ0) is 30.9. The van der Waals surface area contributed by atoms with Crippen molar-refractivity contribution in [2.45, 2.75) is 62.3 Å². The van der Waals surface area contributed by atoms with Crippen molar-refractivity contribution in [1.29, 1.82) is 0 Å². The highest BCUT2D eigenvalue weighted by atomic mass is 35.5. The molecule has 1 saturated carbocycles. The number of sulfonamides is 1. The molecule has 0 bridgehead atoms. The Morgan fingerprint density at radius 1 is 1.12 bits per heavy atom. The molecule has 2 aromatic rings. The second-order valence-electron chi connectivity index (χ2n) is 11.6. The molecule has 42 heavy (non-hydrogen) atoms. The van der Waals surface area contributed by atoms with Gasteiger partial charge in [0.25, 0.3) is 10.1 Å². The van der Waals surface area contributed by atoms with Gasteiger partial charge in [0.05, 0.1) is 23.5 Å². The number of nitrogens with zero attached hydrogens (tertiary/aromatic N) is 1. The fourth-order valence-corrected chi connectivity index (χ4v) is 8.49. The fourth-order valence-electron chi connectivity index (χ4n) is 5.96. The molecular weight excluding hydrogens is 619 g/mol. The van der Waals surface area contributed by atoms with E-state index in [1.54, 1.807) is 31.3 Å². The predicted octanol–water partition coefficient (Wildman–Crippen LogP) is 5.70. The normalized spacial score (nSPS) is 24.7. The molecule has 1 aliphatic heterocycles. The average Bonchev–Trinajstić information content (AvgIpc) is 3.78. The van der Waals surface area contributed by atoms with Gasteiger partial charge in [-0.25, -0.2) is 8.42 Å². The van der Waals surface area contributed by atoms with E-state index in [1.807, 2.05) is 37.3 Å². The minimum Gasteiger partial charge on any atom is -0.352 e. The van der Waals surface area contributed by atoms with Crippen LogP contribution in [-0.2, 0) is 29.1 Å².